The Balaban J connectivity index is 1.68. The SMILES string of the molecule is c1ccc([C@H]2CO[C@]3(CCCc4ccccc43)C2)cc1. The van der Waals surface area contributed by atoms with E-state index in [4.69, 9.17) is 4.74 Å². The van der Waals surface area contributed by atoms with Gasteiger partial charge < -0.3 is 4.74 Å². The highest BCUT2D eigenvalue weighted by Crippen LogP contribution is 2.49. The van der Waals surface area contributed by atoms with Gasteiger partial charge >= 0.3 is 0 Å². The van der Waals surface area contributed by atoms with Crippen molar-refractivity contribution in [2.45, 2.75) is 37.2 Å². The quantitative estimate of drug-likeness (QED) is 0.740. The molecule has 0 unspecified atom stereocenters. The van der Waals surface area contributed by atoms with Gasteiger partial charge in [-0.2, -0.15) is 0 Å². The number of benzene rings is 2. The highest BCUT2D eigenvalue weighted by Gasteiger charge is 2.44. The van der Waals surface area contributed by atoms with Gasteiger partial charge in [-0.05, 0) is 42.4 Å². The van der Waals surface area contributed by atoms with Gasteiger partial charge in [0.25, 0.3) is 0 Å². The third kappa shape index (κ3) is 1.89. The minimum atomic E-state index is -0.0185. The molecule has 20 heavy (non-hydrogen) atoms. The smallest absolute Gasteiger partial charge is 0.0941 e. The second kappa shape index (κ2) is 4.75. The van der Waals surface area contributed by atoms with Crippen LogP contribution >= 0.6 is 0 Å². The standard InChI is InChI=1S/C19H20O/c1-2-7-15(8-3-1)17-13-19(20-14-17)12-6-10-16-9-4-5-11-18(16)19/h1-5,7-9,11,17H,6,10,12-14H2/t17-,19-/m1/s1. The normalized spacial score (nSPS) is 28.5. The van der Waals surface area contributed by atoms with Crippen LogP contribution in [0.2, 0.25) is 0 Å². The second-order valence-corrected chi connectivity index (χ2v) is 6.13. The molecule has 0 saturated carbocycles. The van der Waals surface area contributed by atoms with Crippen LogP contribution in [0.25, 0.3) is 0 Å². The molecule has 1 aliphatic heterocycles. The van der Waals surface area contributed by atoms with Crippen molar-refractivity contribution in [3.05, 3.63) is 71.3 Å². The molecule has 2 aromatic rings. The summed E-state index contributed by atoms with van der Waals surface area (Å²) in [6, 6.07) is 19.7. The summed E-state index contributed by atoms with van der Waals surface area (Å²) in [6.45, 7) is 0.859. The van der Waals surface area contributed by atoms with Crippen molar-refractivity contribution in [3.63, 3.8) is 0 Å². The molecule has 1 nitrogen and oxygen atoms in total. The maximum atomic E-state index is 6.37. The van der Waals surface area contributed by atoms with Crippen LogP contribution < -0.4 is 0 Å². The third-order valence-electron chi connectivity index (χ3n) is 4.94. The monoisotopic (exact) mass is 264 g/mol. The first-order valence-electron chi connectivity index (χ1n) is 7.65. The van der Waals surface area contributed by atoms with E-state index in [2.05, 4.69) is 54.6 Å². The molecule has 0 radical (unpaired) electrons. The highest BCUT2D eigenvalue weighted by molar-refractivity contribution is 5.37. The van der Waals surface area contributed by atoms with E-state index in [1.165, 1.54) is 36.0 Å². The third-order valence-corrected chi connectivity index (χ3v) is 4.94. The van der Waals surface area contributed by atoms with Crippen molar-refractivity contribution in [2.24, 2.45) is 0 Å². The van der Waals surface area contributed by atoms with E-state index in [1.807, 2.05) is 0 Å². The Morgan fingerprint density at radius 2 is 1.75 bits per heavy atom. The maximum Gasteiger partial charge on any atom is 0.0941 e. The van der Waals surface area contributed by atoms with Crippen LogP contribution in [0.15, 0.2) is 54.6 Å². The zero-order chi connectivity index (χ0) is 13.4. The minimum Gasteiger partial charge on any atom is -0.370 e. The van der Waals surface area contributed by atoms with Gasteiger partial charge in [0.2, 0.25) is 0 Å². The number of ether oxygens (including phenoxy) is 1. The van der Waals surface area contributed by atoms with E-state index in [1.54, 1.807) is 0 Å². The summed E-state index contributed by atoms with van der Waals surface area (Å²) in [5, 5.41) is 0. The zero-order valence-electron chi connectivity index (χ0n) is 11.7. The number of fused-ring (bicyclic) bond motifs is 2. The Morgan fingerprint density at radius 3 is 2.65 bits per heavy atom. The second-order valence-electron chi connectivity index (χ2n) is 6.13. The number of rotatable bonds is 1. The molecule has 2 aliphatic rings. The van der Waals surface area contributed by atoms with Gasteiger partial charge in [0, 0.05) is 5.92 Å². The molecule has 4 rings (SSSR count). The molecule has 2 atom stereocenters. The predicted molar refractivity (Wildman–Crippen MR) is 80.8 cm³/mol. The highest BCUT2D eigenvalue weighted by atomic mass is 16.5. The summed E-state index contributed by atoms with van der Waals surface area (Å²) in [7, 11) is 0. The van der Waals surface area contributed by atoms with Crippen LogP contribution in [0.1, 0.15) is 41.9 Å². The molecule has 0 bridgehead atoms. The van der Waals surface area contributed by atoms with Crippen molar-refractivity contribution in [1.29, 1.82) is 0 Å². The largest absolute Gasteiger partial charge is 0.370 e. The molecule has 0 amide bonds. The van der Waals surface area contributed by atoms with Gasteiger partial charge in [-0.25, -0.2) is 0 Å². The number of hydrogen-bond acceptors (Lipinski definition) is 1. The predicted octanol–water partition coefficient (Wildman–Crippen LogP) is 4.42. The lowest BCUT2D eigenvalue weighted by Gasteiger charge is -2.35. The van der Waals surface area contributed by atoms with E-state index < -0.39 is 0 Å². The van der Waals surface area contributed by atoms with Gasteiger partial charge in [0.15, 0.2) is 0 Å². The molecular weight excluding hydrogens is 244 g/mol. The van der Waals surface area contributed by atoms with E-state index in [-0.39, 0.29) is 5.60 Å². The van der Waals surface area contributed by atoms with E-state index in [9.17, 15) is 0 Å². The van der Waals surface area contributed by atoms with Gasteiger partial charge in [0.1, 0.15) is 0 Å². The van der Waals surface area contributed by atoms with Crippen molar-refractivity contribution < 1.29 is 4.74 Å². The van der Waals surface area contributed by atoms with Crippen LogP contribution in [-0.2, 0) is 16.8 Å². The first-order chi connectivity index (χ1) is 9.87. The Labute approximate surface area is 120 Å². The topological polar surface area (TPSA) is 9.23 Å². The fourth-order valence-corrected chi connectivity index (χ4v) is 3.96. The van der Waals surface area contributed by atoms with Crippen LogP contribution in [-0.4, -0.2) is 6.61 Å². The molecule has 1 heteroatoms. The summed E-state index contributed by atoms with van der Waals surface area (Å²) < 4.78 is 6.37. The van der Waals surface area contributed by atoms with E-state index in [0.29, 0.717) is 5.92 Å². The van der Waals surface area contributed by atoms with Crippen LogP contribution in [0.5, 0.6) is 0 Å². The maximum absolute atomic E-state index is 6.37. The minimum absolute atomic E-state index is 0.0185. The fraction of sp³-hybridized carbons (Fsp3) is 0.368. The molecule has 2 aromatic carbocycles. The summed E-state index contributed by atoms with van der Waals surface area (Å²) >= 11 is 0. The molecule has 0 aromatic heterocycles. The van der Waals surface area contributed by atoms with Gasteiger partial charge in [-0.3, -0.25) is 0 Å². The summed E-state index contributed by atoms with van der Waals surface area (Å²) in [5.41, 5.74) is 4.35. The molecule has 0 N–H and O–H groups in total. The van der Waals surface area contributed by atoms with Crippen molar-refractivity contribution in [3.8, 4) is 0 Å². The molecule has 1 fully saturated rings. The Bertz CT molecular complexity index is 604. The molecule has 1 spiro atoms. The van der Waals surface area contributed by atoms with E-state index >= 15 is 0 Å². The van der Waals surface area contributed by atoms with E-state index in [0.717, 1.165) is 13.0 Å². The van der Waals surface area contributed by atoms with Crippen molar-refractivity contribution in [1.82, 2.24) is 0 Å². The lowest BCUT2D eigenvalue weighted by atomic mass is 9.75. The summed E-state index contributed by atoms with van der Waals surface area (Å²) in [5.74, 6) is 0.544. The Kier molecular flexibility index (Phi) is 2.89. The average molecular weight is 264 g/mol. The lowest BCUT2D eigenvalue weighted by molar-refractivity contribution is -0.0142. The molecule has 1 saturated heterocycles. The zero-order valence-corrected chi connectivity index (χ0v) is 11.7. The van der Waals surface area contributed by atoms with Gasteiger partial charge in [-0.15, -0.1) is 0 Å². The summed E-state index contributed by atoms with van der Waals surface area (Å²) in [6.07, 6.45) is 4.76. The lowest BCUT2D eigenvalue weighted by Crippen LogP contribution is -2.30. The van der Waals surface area contributed by atoms with Crippen LogP contribution in [0.4, 0.5) is 0 Å². The van der Waals surface area contributed by atoms with Gasteiger partial charge in [-0.1, -0.05) is 54.6 Å². The molecule has 102 valence electrons. The molecular formula is C19H20O. The van der Waals surface area contributed by atoms with Crippen molar-refractivity contribution >= 4 is 0 Å². The van der Waals surface area contributed by atoms with Crippen molar-refractivity contribution in [2.75, 3.05) is 6.61 Å². The Hall–Kier alpha value is -1.60. The van der Waals surface area contributed by atoms with Crippen LogP contribution in [0, 0.1) is 0 Å². The average Bonchev–Trinajstić information content (AvgIpc) is 2.94. The molecule has 1 aliphatic carbocycles. The first-order valence-corrected chi connectivity index (χ1v) is 7.65. The van der Waals surface area contributed by atoms with Gasteiger partial charge in [0.05, 0.1) is 12.2 Å². The fourth-order valence-electron chi connectivity index (χ4n) is 3.96. The number of aryl methyl sites for hydroxylation is 1. The number of hydrogen-bond donors (Lipinski definition) is 0. The Morgan fingerprint density at radius 1 is 0.950 bits per heavy atom. The first kappa shape index (κ1) is 12.2. The summed E-state index contributed by atoms with van der Waals surface area (Å²) in [4.78, 5) is 0. The van der Waals surface area contributed by atoms with Crippen LogP contribution in [0.3, 0.4) is 0 Å². The molecule has 1 heterocycles.